The number of anilines is 2. The average Bonchev–Trinajstić information content (AvgIpc) is 3.27. The minimum atomic E-state index is -3.85. The molecule has 0 atom stereocenters. The zero-order chi connectivity index (χ0) is 18.7. The van der Waals surface area contributed by atoms with Crippen LogP contribution in [0.1, 0.15) is 23.3 Å². The number of primary amides is 1. The van der Waals surface area contributed by atoms with Gasteiger partial charge in [0.15, 0.2) is 0 Å². The number of nitrogens with one attached hydrogen (secondary N) is 3. The molecule has 138 valence electrons. The highest BCUT2D eigenvalue weighted by atomic mass is 32.2. The molecule has 0 saturated carbocycles. The molecule has 0 spiro atoms. The second-order valence-electron chi connectivity index (χ2n) is 5.92. The molecular weight excluding hydrogens is 358 g/mol. The predicted octanol–water partition coefficient (Wildman–Crippen LogP) is 1.54. The topological polar surface area (TPSA) is 137 Å². The molecule has 2 aromatic rings. The molecule has 2 heterocycles. The number of nitrogens with two attached hydrogens (primary N) is 1. The summed E-state index contributed by atoms with van der Waals surface area (Å²) in [7, 11) is -3.85. The zero-order valence-corrected chi connectivity index (χ0v) is 14.7. The fourth-order valence-electron chi connectivity index (χ4n) is 2.72. The van der Waals surface area contributed by atoms with Gasteiger partial charge in [-0.1, -0.05) is 0 Å². The smallest absolute Gasteiger partial charge is 0.316 e. The summed E-state index contributed by atoms with van der Waals surface area (Å²) >= 11 is 0. The van der Waals surface area contributed by atoms with E-state index in [4.69, 9.17) is 5.73 Å². The maximum Gasteiger partial charge on any atom is 0.316 e. The number of urea groups is 1. The van der Waals surface area contributed by atoms with Crippen LogP contribution in [0, 0.1) is 0 Å². The Balaban J connectivity index is 1.72. The summed E-state index contributed by atoms with van der Waals surface area (Å²) in [4.78, 5) is 27.5. The molecule has 3 rings (SSSR count). The monoisotopic (exact) mass is 377 g/mol. The standard InChI is InChI=1S/C16H19N5O4S/c17-16(23)19-11-3-5-12(6-4-11)20-26(24,25)13-9-14(18-10-13)15(22)21-7-1-2-8-21/h3-6,9-10,18,20H,1-2,7-8H2,(H3,17,19,23). The summed E-state index contributed by atoms with van der Waals surface area (Å²) in [6.07, 6.45) is 3.20. The van der Waals surface area contributed by atoms with Gasteiger partial charge in [0.05, 0.1) is 0 Å². The number of H-pyrrole nitrogens is 1. The molecule has 1 fully saturated rings. The fourth-order valence-corrected chi connectivity index (χ4v) is 3.77. The van der Waals surface area contributed by atoms with Crippen molar-refractivity contribution in [3.05, 3.63) is 42.2 Å². The number of aromatic amines is 1. The van der Waals surface area contributed by atoms with Gasteiger partial charge >= 0.3 is 6.03 Å². The minimum absolute atomic E-state index is 0.0283. The largest absolute Gasteiger partial charge is 0.356 e. The summed E-state index contributed by atoms with van der Waals surface area (Å²) < 4.78 is 27.4. The van der Waals surface area contributed by atoms with Crippen molar-refractivity contribution in [2.24, 2.45) is 5.73 Å². The lowest BCUT2D eigenvalue weighted by atomic mass is 10.3. The Morgan fingerprint density at radius 1 is 1.08 bits per heavy atom. The van der Waals surface area contributed by atoms with Crippen molar-refractivity contribution < 1.29 is 18.0 Å². The predicted molar refractivity (Wildman–Crippen MR) is 96.4 cm³/mol. The van der Waals surface area contributed by atoms with Crippen LogP contribution in [-0.2, 0) is 10.0 Å². The Labute approximate surface area is 150 Å². The number of rotatable bonds is 5. The van der Waals surface area contributed by atoms with E-state index in [1.165, 1.54) is 36.5 Å². The third-order valence-corrected chi connectivity index (χ3v) is 5.36. The second kappa shape index (κ2) is 7.08. The highest BCUT2D eigenvalue weighted by Gasteiger charge is 2.23. The molecule has 1 aliphatic rings. The molecule has 0 bridgehead atoms. The van der Waals surface area contributed by atoms with Crippen molar-refractivity contribution in [3.8, 4) is 0 Å². The number of sulfonamides is 1. The summed E-state index contributed by atoms with van der Waals surface area (Å²) in [5.41, 5.74) is 6.02. The molecule has 26 heavy (non-hydrogen) atoms. The molecule has 3 amide bonds. The van der Waals surface area contributed by atoms with Crippen LogP contribution in [0.15, 0.2) is 41.4 Å². The Morgan fingerprint density at radius 3 is 2.31 bits per heavy atom. The van der Waals surface area contributed by atoms with Crippen molar-refractivity contribution >= 4 is 33.3 Å². The maximum absolute atomic E-state index is 12.5. The van der Waals surface area contributed by atoms with Gasteiger partial charge in [-0.2, -0.15) is 0 Å². The number of likely N-dealkylation sites (tertiary alicyclic amines) is 1. The van der Waals surface area contributed by atoms with Crippen molar-refractivity contribution in [2.45, 2.75) is 17.7 Å². The number of hydrogen-bond donors (Lipinski definition) is 4. The van der Waals surface area contributed by atoms with E-state index < -0.39 is 16.1 Å². The van der Waals surface area contributed by atoms with Gasteiger partial charge in [-0.15, -0.1) is 0 Å². The van der Waals surface area contributed by atoms with Crippen LogP contribution < -0.4 is 15.8 Å². The zero-order valence-electron chi connectivity index (χ0n) is 13.9. The average molecular weight is 377 g/mol. The molecule has 10 heteroatoms. The van der Waals surface area contributed by atoms with Gasteiger partial charge in [0, 0.05) is 30.7 Å². The third-order valence-electron chi connectivity index (χ3n) is 4.00. The Hall–Kier alpha value is -3.01. The fraction of sp³-hybridized carbons (Fsp3) is 0.250. The first-order chi connectivity index (χ1) is 12.3. The molecule has 0 aliphatic carbocycles. The molecule has 1 saturated heterocycles. The van der Waals surface area contributed by atoms with Crippen molar-refractivity contribution in [2.75, 3.05) is 23.1 Å². The first kappa shape index (κ1) is 17.8. The van der Waals surface area contributed by atoms with E-state index in [2.05, 4.69) is 15.0 Å². The summed E-state index contributed by atoms with van der Waals surface area (Å²) in [6.45, 7) is 1.37. The summed E-state index contributed by atoms with van der Waals surface area (Å²) in [6, 6.07) is 6.63. The lowest BCUT2D eigenvalue weighted by Crippen LogP contribution is -2.27. The van der Waals surface area contributed by atoms with E-state index in [0.29, 0.717) is 24.5 Å². The van der Waals surface area contributed by atoms with Crippen LogP contribution in [0.3, 0.4) is 0 Å². The highest BCUT2D eigenvalue weighted by molar-refractivity contribution is 7.92. The Bertz CT molecular complexity index is 914. The van der Waals surface area contributed by atoms with E-state index in [1.807, 2.05) is 0 Å². The molecular formula is C16H19N5O4S. The number of nitrogens with zero attached hydrogens (tertiary/aromatic N) is 1. The first-order valence-electron chi connectivity index (χ1n) is 8.02. The molecule has 9 nitrogen and oxygen atoms in total. The summed E-state index contributed by atoms with van der Waals surface area (Å²) in [5, 5.41) is 2.38. The van der Waals surface area contributed by atoms with Crippen molar-refractivity contribution in [1.82, 2.24) is 9.88 Å². The number of carbonyl (C=O) groups excluding carboxylic acids is 2. The van der Waals surface area contributed by atoms with E-state index in [-0.39, 0.29) is 16.5 Å². The van der Waals surface area contributed by atoms with E-state index in [0.717, 1.165) is 12.8 Å². The second-order valence-corrected chi connectivity index (χ2v) is 7.60. The van der Waals surface area contributed by atoms with Gasteiger partial charge in [0.2, 0.25) is 0 Å². The van der Waals surface area contributed by atoms with Crippen LogP contribution in [0.2, 0.25) is 0 Å². The van der Waals surface area contributed by atoms with Gasteiger partial charge in [0.1, 0.15) is 10.6 Å². The number of hydrogen-bond acceptors (Lipinski definition) is 4. The lowest BCUT2D eigenvalue weighted by molar-refractivity contribution is 0.0787. The maximum atomic E-state index is 12.5. The lowest BCUT2D eigenvalue weighted by Gasteiger charge is -2.13. The number of amides is 3. The minimum Gasteiger partial charge on any atom is -0.356 e. The van der Waals surface area contributed by atoms with Crippen molar-refractivity contribution in [1.29, 1.82) is 0 Å². The number of benzene rings is 1. The number of carbonyl (C=O) groups is 2. The van der Waals surface area contributed by atoms with Gasteiger partial charge in [-0.3, -0.25) is 9.52 Å². The summed E-state index contributed by atoms with van der Waals surface area (Å²) in [5.74, 6) is -0.203. The Kier molecular flexibility index (Phi) is 4.85. The number of aromatic nitrogens is 1. The highest BCUT2D eigenvalue weighted by Crippen LogP contribution is 2.20. The van der Waals surface area contributed by atoms with Gasteiger partial charge in [0.25, 0.3) is 15.9 Å². The van der Waals surface area contributed by atoms with E-state index >= 15 is 0 Å². The first-order valence-corrected chi connectivity index (χ1v) is 9.50. The molecule has 5 N–H and O–H groups in total. The Morgan fingerprint density at radius 2 is 1.69 bits per heavy atom. The van der Waals surface area contributed by atoms with Crippen molar-refractivity contribution in [3.63, 3.8) is 0 Å². The van der Waals surface area contributed by atoms with Crippen LogP contribution in [0.25, 0.3) is 0 Å². The molecule has 0 unspecified atom stereocenters. The normalized spacial score (nSPS) is 14.2. The molecule has 0 radical (unpaired) electrons. The van der Waals surface area contributed by atoms with E-state index in [9.17, 15) is 18.0 Å². The molecule has 1 aromatic carbocycles. The third kappa shape index (κ3) is 3.97. The molecule has 1 aromatic heterocycles. The van der Waals surface area contributed by atoms with Crippen LogP contribution in [-0.4, -0.2) is 43.3 Å². The van der Waals surface area contributed by atoms with Gasteiger partial charge in [-0.25, -0.2) is 13.2 Å². The quantitative estimate of drug-likeness (QED) is 0.628. The molecule has 1 aliphatic heterocycles. The van der Waals surface area contributed by atoms with Crippen LogP contribution >= 0.6 is 0 Å². The van der Waals surface area contributed by atoms with Gasteiger partial charge < -0.3 is 20.9 Å². The van der Waals surface area contributed by atoms with Crippen LogP contribution in [0.4, 0.5) is 16.2 Å². The van der Waals surface area contributed by atoms with E-state index in [1.54, 1.807) is 4.90 Å². The SMILES string of the molecule is NC(=O)Nc1ccc(NS(=O)(=O)c2c[nH]c(C(=O)N3CCCC3)c2)cc1. The van der Waals surface area contributed by atoms with Gasteiger partial charge in [-0.05, 0) is 43.2 Å². The van der Waals surface area contributed by atoms with Crippen LogP contribution in [0.5, 0.6) is 0 Å².